The van der Waals surface area contributed by atoms with Gasteiger partial charge < -0.3 is 15.6 Å². The number of para-hydroxylation sites is 2. The maximum Gasteiger partial charge on any atom is 0.0541 e. The predicted molar refractivity (Wildman–Crippen MR) is 238 cm³/mol. The van der Waals surface area contributed by atoms with Gasteiger partial charge in [0.25, 0.3) is 0 Å². The average molecular weight is 720 g/mol. The summed E-state index contributed by atoms with van der Waals surface area (Å²) >= 11 is 0. The number of hydrogen-bond acceptors (Lipinski definition) is 2. The Bertz CT molecular complexity index is 2810. The zero-order valence-corrected chi connectivity index (χ0v) is 31.0. The van der Waals surface area contributed by atoms with E-state index in [0.29, 0.717) is 0 Å². The summed E-state index contributed by atoms with van der Waals surface area (Å²) in [6.45, 7) is 0. The van der Waals surface area contributed by atoms with E-state index in [1.165, 1.54) is 44.1 Å². The monoisotopic (exact) mass is 719 g/mol. The van der Waals surface area contributed by atoms with Crippen molar-refractivity contribution in [2.45, 2.75) is 6.04 Å². The minimum atomic E-state index is -0.235. The van der Waals surface area contributed by atoms with Crippen LogP contribution in [0.2, 0.25) is 0 Å². The molecule has 0 amide bonds. The van der Waals surface area contributed by atoms with Crippen LogP contribution in [0.25, 0.3) is 72.0 Å². The van der Waals surface area contributed by atoms with Gasteiger partial charge in [-0.15, -0.1) is 0 Å². The first-order chi connectivity index (χ1) is 27.7. The molecule has 56 heavy (non-hydrogen) atoms. The third kappa shape index (κ3) is 7.07. The van der Waals surface area contributed by atoms with Crippen molar-refractivity contribution < 1.29 is 0 Å². The van der Waals surface area contributed by atoms with Gasteiger partial charge in [0, 0.05) is 40.0 Å². The fourth-order valence-electron chi connectivity index (χ4n) is 7.61. The highest BCUT2D eigenvalue weighted by molar-refractivity contribution is 6.10. The van der Waals surface area contributed by atoms with Gasteiger partial charge in [-0.05, 0) is 99.1 Å². The second-order valence-corrected chi connectivity index (χ2v) is 14.0. The Balaban J connectivity index is 0.944. The number of rotatable bonds is 10. The van der Waals surface area contributed by atoms with E-state index < -0.39 is 0 Å². The highest BCUT2D eigenvalue weighted by atomic mass is 15.0. The van der Waals surface area contributed by atoms with Gasteiger partial charge in [-0.3, -0.25) is 0 Å². The molecular formula is C53H41N3. The van der Waals surface area contributed by atoms with Crippen LogP contribution in [0.3, 0.4) is 0 Å². The number of aromatic nitrogens is 1. The average Bonchev–Trinajstić information content (AvgIpc) is 3.61. The third-order valence-corrected chi connectivity index (χ3v) is 10.5. The van der Waals surface area contributed by atoms with Crippen LogP contribution >= 0.6 is 0 Å². The van der Waals surface area contributed by atoms with Gasteiger partial charge in [0.05, 0.1) is 11.0 Å². The summed E-state index contributed by atoms with van der Waals surface area (Å²) in [5, 5.41) is 6.03. The molecule has 1 unspecified atom stereocenters. The molecular weight excluding hydrogens is 679 g/mol. The molecule has 0 saturated carbocycles. The summed E-state index contributed by atoms with van der Waals surface area (Å²) in [6.07, 6.45) is 8.02. The maximum atomic E-state index is 6.66. The normalized spacial score (nSPS) is 12.2. The van der Waals surface area contributed by atoms with Crippen LogP contribution in [-0.4, -0.2) is 4.57 Å². The van der Waals surface area contributed by atoms with Crippen molar-refractivity contribution in [1.29, 1.82) is 0 Å². The second-order valence-electron chi connectivity index (χ2n) is 14.0. The lowest BCUT2D eigenvalue weighted by molar-refractivity contribution is 0.912. The Morgan fingerprint density at radius 1 is 0.429 bits per heavy atom. The highest BCUT2D eigenvalue weighted by Crippen LogP contribution is 2.37. The number of nitrogens with two attached hydrogens (primary N) is 1. The summed E-state index contributed by atoms with van der Waals surface area (Å²) in [5.74, 6) is 0. The molecule has 268 valence electrons. The minimum Gasteiger partial charge on any atom is -0.361 e. The van der Waals surface area contributed by atoms with Crippen molar-refractivity contribution in [2.75, 3.05) is 5.32 Å². The largest absolute Gasteiger partial charge is 0.361 e. The van der Waals surface area contributed by atoms with Gasteiger partial charge in [0.2, 0.25) is 0 Å². The predicted octanol–water partition coefficient (Wildman–Crippen LogP) is 13.6. The van der Waals surface area contributed by atoms with Crippen molar-refractivity contribution in [3.8, 4) is 50.2 Å². The molecule has 0 bridgehead atoms. The van der Waals surface area contributed by atoms with E-state index in [4.69, 9.17) is 5.73 Å². The fourth-order valence-corrected chi connectivity index (χ4v) is 7.61. The van der Waals surface area contributed by atoms with Crippen molar-refractivity contribution in [1.82, 2.24) is 4.57 Å². The first-order valence-corrected chi connectivity index (χ1v) is 19.1. The van der Waals surface area contributed by atoms with E-state index in [9.17, 15) is 0 Å². The van der Waals surface area contributed by atoms with Crippen molar-refractivity contribution in [2.24, 2.45) is 5.73 Å². The Morgan fingerprint density at radius 3 is 1.75 bits per heavy atom. The Labute approximate surface area is 328 Å². The molecule has 3 heteroatoms. The quantitative estimate of drug-likeness (QED) is 0.138. The molecule has 1 aromatic heterocycles. The minimum absolute atomic E-state index is 0.235. The van der Waals surface area contributed by atoms with Crippen LogP contribution in [0.15, 0.2) is 225 Å². The lowest BCUT2D eigenvalue weighted by Gasteiger charge is -2.13. The van der Waals surface area contributed by atoms with Crippen molar-refractivity contribution in [3.63, 3.8) is 0 Å². The van der Waals surface area contributed by atoms with Crippen LogP contribution in [0.5, 0.6) is 0 Å². The molecule has 3 N–H and O–H groups in total. The smallest absolute Gasteiger partial charge is 0.0541 e. The van der Waals surface area contributed by atoms with E-state index >= 15 is 0 Å². The van der Waals surface area contributed by atoms with Crippen LogP contribution < -0.4 is 11.1 Å². The molecule has 1 atom stereocenters. The van der Waals surface area contributed by atoms with Crippen LogP contribution in [0.4, 0.5) is 5.69 Å². The summed E-state index contributed by atoms with van der Waals surface area (Å²) in [6, 6.07) is 70.7. The molecule has 1 heterocycles. The summed E-state index contributed by atoms with van der Waals surface area (Å²) in [7, 11) is 0. The van der Waals surface area contributed by atoms with Crippen LogP contribution in [0, 0.1) is 0 Å². The molecule has 0 aliphatic carbocycles. The number of benzene rings is 8. The zero-order chi connectivity index (χ0) is 37.7. The van der Waals surface area contributed by atoms with Gasteiger partial charge in [0.15, 0.2) is 0 Å². The molecule has 9 rings (SSSR count). The Kier molecular flexibility index (Phi) is 9.66. The molecule has 9 aromatic rings. The Hall–Kier alpha value is -7.20. The summed E-state index contributed by atoms with van der Waals surface area (Å²) in [4.78, 5) is 0. The number of nitrogens with one attached hydrogen (secondary N) is 1. The molecule has 0 radical (unpaired) electrons. The molecule has 3 nitrogen and oxygen atoms in total. The molecule has 0 saturated heterocycles. The SMILES string of the molecule is NC(/C=C\C=C\Nc1ccc(-c2ccc3c(c2)c2ccccc2n3-c2ccccc2)cc1-c1ccccc1)c1cccc(-c2ccc(-c3ccccc3)cc2)c1. The number of fused-ring (bicyclic) bond motifs is 3. The second kappa shape index (κ2) is 15.6. The highest BCUT2D eigenvalue weighted by Gasteiger charge is 2.14. The van der Waals surface area contributed by atoms with Gasteiger partial charge in [-0.1, -0.05) is 164 Å². The van der Waals surface area contributed by atoms with E-state index in [-0.39, 0.29) is 6.04 Å². The number of allylic oxidation sites excluding steroid dienone is 2. The molecule has 0 spiro atoms. The van der Waals surface area contributed by atoms with E-state index in [1.54, 1.807) is 0 Å². The lowest BCUT2D eigenvalue weighted by Crippen LogP contribution is -2.06. The molecule has 0 aliphatic heterocycles. The van der Waals surface area contributed by atoms with Crippen molar-refractivity contribution >= 4 is 27.5 Å². The summed E-state index contributed by atoms with van der Waals surface area (Å²) < 4.78 is 2.35. The number of anilines is 1. The van der Waals surface area contributed by atoms with E-state index in [2.05, 4.69) is 204 Å². The fraction of sp³-hybridized carbons (Fsp3) is 0.0189. The maximum absolute atomic E-state index is 6.66. The molecule has 0 fully saturated rings. The molecule has 8 aromatic carbocycles. The van der Waals surface area contributed by atoms with E-state index in [1.807, 2.05) is 30.5 Å². The van der Waals surface area contributed by atoms with E-state index in [0.717, 1.165) is 39.2 Å². The number of hydrogen-bond donors (Lipinski definition) is 2. The Morgan fingerprint density at radius 2 is 0.982 bits per heavy atom. The lowest BCUT2D eigenvalue weighted by atomic mass is 9.96. The topological polar surface area (TPSA) is 43.0 Å². The van der Waals surface area contributed by atoms with Crippen LogP contribution in [-0.2, 0) is 0 Å². The van der Waals surface area contributed by atoms with Gasteiger partial charge >= 0.3 is 0 Å². The van der Waals surface area contributed by atoms with Gasteiger partial charge in [-0.25, -0.2) is 0 Å². The van der Waals surface area contributed by atoms with Crippen LogP contribution in [0.1, 0.15) is 11.6 Å². The number of nitrogens with zero attached hydrogens (tertiary/aromatic N) is 1. The molecule has 0 aliphatic rings. The zero-order valence-electron chi connectivity index (χ0n) is 31.0. The van der Waals surface area contributed by atoms with Crippen molar-refractivity contribution in [3.05, 3.63) is 230 Å². The van der Waals surface area contributed by atoms with Gasteiger partial charge in [-0.2, -0.15) is 0 Å². The third-order valence-electron chi connectivity index (χ3n) is 10.5. The standard InChI is InChI=1S/C53H41N3/c54-50(45-20-14-19-42(35-45)40-28-26-39(27-29-40)38-15-4-1-5-16-38)24-12-13-34-55-51-32-30-43(36-48(51)41-17-6-2-7-18-41)44-31-33-53-49(37-44)47-23-10-11-25-52(47)56(53)46-21-8-3-9-22-46/h1-37,50,55H,54H2/b24-12-,34-13+. The van der Waals surface area contributed by atoms with Gasteiger partial charge in [0.1, 0.15) is 0 Å². The summed E-state index contributed by atoms with van der Waals surface area (Å²) in [5.41, 5.74) is 21.7. The first-order valence-electron chi connectivity index (χ1n) is 19.1. The first kappa shape index (κ1) is 34.6.